The van der Waals surface area contributed by atoms with Crippen LogP contribution in [0.3, 0.4) is 0 Å². The van der Waals surface area contributed by atoms with E-state index < -0.39 is 5.97 Å². The van der Waals surface area contributed by atoms with Crippen molar-refractivity contribution in [1.29, 1.82) is 0 Å². The maximum atomic E-state index is 12.8. The number of aromatic nitrogens is 1. The molecule has 6 heteroatoms. The lowest BCUT2D eigenvalue weighted by Crippen LogP contribution is -3.17. The van der Waals surface area contributed by atoms with E-state index in [1.807, 2.05) is 32.2 Å². The molecule has 1 aromatic heterocycles. The Kier molecular flexibility index (Phi) is 5.32. The molecule has 2 aromatic rings. The minimum atomic E-state index is -0.447. The molecule has 0 bridgehead atoms. The summed E-state index contributed by atoms with van der Waals surface area (Å²) in [6.45, 7) is 5.62. The van der Waals surface area contributed by atoms with Gasteiger partial charge in [-0.25, -0.2) is 4.79 Å². The summed E-state index contributed by atoms with van der Waals surface area (Å²) in [5.41, 5.74) is 2.86. The number of piperidine rings is 1. The van der Waals surface area contributed by atoms with E-state index in [0.29, 0.717) is 24.0 Å². The number of carbonyl (C=O) groups excluding carboxylic acids is 2. The van der Waals surface area contributed by atoms with E-state index in [9.17, 15) is 9.59 Å². The maximum Gasteiger partial charge on any atom is 0.356 e. The molecule has 1 saturated heterocycles. The molecule has 0 aliphatic carbocycles. The van der Waals surface area contributed by atoms with Crippen LogP contribution in [0.1, 0.15) is 42.2 Å². The van der Waals surface area contributed by atoms with Crippen LogP contribution in [0.25, 0.3) is 10.9 Å². The highest BCUT2D eigenvalue weighted by Gasteiger charge is 2.27. The second-order valence-corrected chi connectivity index (χ2v) is 7.27. The first-order valence-electron chi connectivity index (χ1n) is 9.24. The van der Waals surface area contributed by atoms with Crippen LogP contribution < -0.4 is 10.2 Å². The number of aryl methyl sites for hydroxylation is 2. The fourth-order valence-electron chi connectivity index (χ4n) is 4.03. The zero-order chi connectivity index (χ0) is 18.8. The summed E-state index contributed by atoms with van der Waals surface area (Å²) < 4.78 is 6.75. The zero-order valence-corrected chi connectivity index (χ0v) is 16.0. The molecule has 1 aliphatic rings. The van der Waals surface area contributed by atoms with Crippen LogP contribution in [0.2, 0.25) is 0 Å². The third-order valence-electron chi connectivity index (χ3n) is 5.55. The lowest BCUT2D eigenvalue weighted by atomic mass is 10.0. The predicted molar refractivity (Wildman–Crippen MR) is 102 cm³/mol. The van der Waals surface area contributed by atoms with Crippen molar-refractivity contribution < 1.29 is 19.2 Å². The average molecular weight is 358 g/mol. The Morgan fingerprint density at radius 2 is 2.12 bits per heavy atom. The van der Waals surface area contributed by atoms with Gasteiger partial charge in [-0.15, -0.1) is 0 Å². The SMILES string of the molecule is COC(=O)c1c(NC(=O)C[NH+]2CCCC[C@H]2C)c2c(C)cccc2n1C. The average Bonchev–Trinajstić information content (AvgIpc) is 2.89. The van der Waals surface area contributed by atoms with E-state index in [-0.39, 0.29) is 5.91 Å². The summed E-state index contributed by atoms with van der Waals surface area (Å²) >= 11 is 0. The molecule has 1 amide bonds. The third-order valence-corrected chi connectivity index (χ3v) is 5.55. The molecule has 1 aliphatic heterocycles. The molecule has 2 atom stereocenters. The highest BCUT2D eigenvalue weighted by atomic mass is 16.5. The number of likely N-dealkylation sites (tertiary alicyclic amines) is 1. The van der Waals surface area contributed by atoms with Crippen molar-refractivity contribution in [3.8, 4) is 0 Å². The molecule has 1 fully saturated rings. The number of amides is 1. The number of methoxy groups -OCH3 is 1. The van der Waals surface area contributed by atoms with E-state index in [2.05, 4.69) is 12.2 Å². The molecule has 2 N–H and O–H groups in total. The van der Waals surface area contributed by atoms with Gasteiger partial charge in [-0.05, 0) is 44.7 Å². The monoisotopic (exact) mass is 358 g/mol. The fourth-order valence-corrected chi connectivity index (χ4v) is 4.03. The first-order valence-corrected chi connectivity index (χ1v) is 9.24. The molecule has 1 aromatic carbocycles. The third kappa shape index (κ3) is 3.33. The number of quaternary nitrogens is 1. The summed E-state index contributed by atoms with van der Waals surface area (Å²) in [6.07, 6.45) is 3.55. The normalized spacial score (nSPS) is 20.2. The number of esters is 1. The zero-order valence-electron chi connectivity index (χ0n) is 16.0. The molecule has 0 radical (unpaired) electrons. The minimum absolute atomic E-state index is 0.0605. The molecule has 2 heterocycles. The maximum absolute atomic E-state index is 12.8. The lowest BCUT2D eigenvalue weighted by Gasteiger charge is -2.29. The molecular formula is C20H28N3O3+. The Balaban J connectivity index is 1.95. The van der Waals surface area contributed by atoms with E-state index in [0.717, 1.165) is 35.9 Å². The van der Waals surface area contributed by atoms with Gasteiger partial charge >= 0.3 is 5.97 Å². The molecule has 0 spiro atoms. The highest BCUT2D eigenvalue weighted by Crippen LogP contribution is 2.33. The van der Waals surface area contributed by atoms with Gasteiger partial charge < -0.3 is 19.5 Å². The van der Waals surface area contributed by atoms with Crippen LogP contribution in [-0.4, -0.2) is 42.7 Å². The summed E-state index contributed by atoms with van der Waals surface area (Å²) in [5, 5.41) is 3.91. The Morgan fingerprint density at radius 3 is 2.81 bits per heavy atom. The van der Waals surface area contributed by atoms with Crippen molar-refractivity contribution >= 4 is 28.5 Å². The quantitative estimate of drug-likeness (QED) is 0.817. The van der Waals surface area contributed by atoms with E-state index in [1.54, 1.807) is 4.57 Å². The van der Waals surface area contributed by atoms with Crippen LogP contribution in [0.5, 0.6) is 0 Å². The van der Waals surface area contributed by atoms with Gasteiger partial charge in [0.2, 0.25) is 0 Å². The minimum Gasteiger partial charge on any atom is -0.464 e. The molecule has 26 heavy (non-hydrogen) atoms. The lowest BCUT2D eigenvalue weighted by molar-refractivity contribution is -0.920. The summed E-state index contributed by atoms with van der Waals surface area (Å²) in [4.78, 5) is 26.4. The molecular weight excluding hydrogens is 330 g/mol. The van der Waals surface area contributed by atoms with Crippen LogP contribution in [0.15, 0.2) is 18.2 Å². The summed E-state index contributed by atoms with van der Waals surface area (Å²) in [6, 6.07) is 6.37. The standard InChI is InChI=1S/C20H27N3O3/c1-13-8-7-10-15-17(13)18(19(22(15)3)20(25)26-4)21-16(24)12-23-11-6-5-9-14(23)2/h7-8,10,14H,5-6,9,11-12H2,1-4H3,(H,21,24)/p+1/t14-/m1/s1. The number of nitrogens with one attached hydrogen (secondary N) is 2. The van der Waals surface area contributed by atoms with Gasteiger partial charge in [-0.3, -0.25) is 4.79 Å². The number of nitrogens with zero attached hydrogens (tertiary/aromatic N) is 1. The molecule has 3 rings (SSSR count). The van der Waals surface area contributed by atoms with Gasteiger partial charge in [0.05, 0.1) is 30.9 Å². The number of hydrogen-bond acceptors (Lipinski definition) is 3. The van der Waals surface area contributed by atoms with Crippen molar-refractivity contribution in [1.82, 2.24) is 4.57 Å². The van der Waals surface area contributed by atoms with Crippen LogP contribution >= 0.6 is 0 Å². The first-order chi connectivity index (χ1) is 12.4. The number of ether oxygens (including phenoxy) is 1. The van der Waals surface area contributed by atoms with Crippen LogP contribution in [0.4, 0.5) is 5.69 Å². The Hall–Kier alpha value is -2.34. The van der Waals surface area contributed by atoms with Gasteiger partial charge in [-0.2, -0.15) is 0 Å². The molecule has 0 saturated carbocycles. The molecule has 6 nitrogen and oxygen atoms in total. The topological polar surface area (TPSA) is 64.8 Å². The van der Waals surface area contributed by atoms with Crippen molar-refractivity contribution in [3.05, 3.63) is 29.5 Å². The largest absolute Gasteiger partial charge is 0.464 e. The van der Waals surface area contributed by atoms with Crippen LogP contribution in [-0.2, 0) is 16.6 Å². The van der Waals surface area contributed by atoms with E-state index in [4.69, 9.17) is 4.74 Å². The van der Waals surface area contributed by atoms with Crippen LogP contribution in [0, 0.1) is 6.92 Å². The number of fused-ring (bicyclic) bond motifs is 1. The van der Waals surface area contributed by atoms with Gasteiger partial charge in [-0.1, -0.05) is 12.1 Å². The number of rotatable bonds is 4. The smallest absolute Gasteiger partial charge is 0.356 e. The summed E-state index contributed by atoms with van der Waals surface area (Å²) in [7, 11) is 3.18. The molecule has 140 valence electrons. The van der Waals surface area contributed by atoms with Gasteiger partial charge in [0.1, 0.15) is 0 Å². The van der Waals surface area contributed by atoms with Crippen molar-refractivity contribution in [2.45, 2.75) is 39.2 Å². The summed E-state index contributed by atoms with van der Waals surface area (Å²) in [5.74, 6) is -0.508. The predicted octanol–water partition coefficient (Wildman–Crippen LogP) is 1.67. The second-order valence-electron chi connectivity index (χ2n) is 7.27. The highest BCUT2D eigenvalue weighted by molar-refractivity contribution is 6.12. The first kappa shape index (κ1) is 18.5. The number of benzene rings is 1. The Bertz CT molecular complexity index is 840. The second kappa shape index (κ2) is 7.50. The van der Waals surface area contributed by atoms with Crippen molar-refractivity contribution in [2.24, 2.45) is 7.05 Å². The number of anilines is 1. The molecule has 1 unspecified atom stereocenters. The van der Waals surface area contributed by atoms with Crippen molar-refractivity contribution in [2.75, 3.05) is 25.5 Å². The fraction of sp³-hybridized carbons (Fsp3) is 0.500. The van der Waals surface area contributed by atoms with E-state index >= 15 is 0 Å². The Labute approximate surface area is 154 Å². The van der Waals surface area contributed by atoms with Gasteiger partial charge in [0.15, 0.2) is 12.2 Å². The number of carbonyl (C=O) groups is 2. The van der Waals surface area contributed by atoms with Gasteiger partial charge in [0, 0.05) is 12.4 Å². The number of hydrogen-bond donors (Lipinski definition) is 2. The van der Waals surface area contributed by atoms with Gasteiger partial charge in [0.25, 0.3) is 5.91 Å². The van der Waals surface area contributed by atoms with Crippen molar-refractivity contribution in [3.63, 3.8) is 0 Å². The Morgan fingerprint density at radius 1 is 1.35 bits per heavy atom. The van der Waals surface area contributed by atoms with E-state index in [1.165, 1.54) is 18.4 Å².